The van der Waals surface area contributed by atoms with E-state index in [1.54, 1.807) is 11.0 Å². The van der Waals surface area contributed by atoms with Crippen LogP contribution in [0.3, 0.4) is 0 Å². The third-order valence-corrected chi connectivity index (χ3v) is 4.78. The molecule has 0 radical (unpaired) electrons. The van der Waals surface area contributed by atoms with Crippen LogP contribution >= 0.6 is 0 Å². The highest BCUT2D eigenvalue weighted by Crippen LogP contribution is 2.36. The number of benzene rings is 1. The number of fused-ring (bicyclic) bond motifs is 1. The Morgan fingerprint density at radius 1 is 1.41 bits per heavy atom. The van der Waals surface area contributed by atoms with E-state index in [9.17, 15) is 9.18 Å². The number of rotatable bonds is 4. The van der Waals surface area contributed by atoms with Crippen LogP contribution in [0.2, 0.25) is 0 Å². The molecular weight excluding hydrogens is 283 g/mol. The van der Waals surface area contributed by atoms with Crippen LogP contribution in [0.15, 0.2) is 18.2 Å². The average molecular weight is 306 g/mol. The van der Waals surface area contributed by atoms with Crippen LogP contribution in [0, 0.1) is 11.7 Å². The summed E-state index contributed by atoms with van der Waals surface area (Å²) in [6.07, 6.45) is 3.58. The van der Waals surface area contributed by atoms with Gasteiger partial charge in [-0.05, 0) is 48.8 Å². The zero-order valence-electron chi connectivity index (χ0n) is 12.9. The minimum atomic E-state index is -0.182. The summed E-state index contributed by atoms with van der Waals surface area (Å²) in [5.41, 5.74) is 1.62. The summed E-state index contributed by atoms with van der Waals surface area (Å²) in [5, 5.41) is 12.2. The Bertz CT molecular complexity index is 560. The van der Waals surface area contributed by atoms with Gasteiger partial charge in [-0.1, -0.05) is 19.1 Å². The van der Waals surface area contributed by atoms with Gasteiger partial charge in [0.15, 0.2) is 0 Å². The number of halogens is 1. The third-order valence-electron chi connectivity index (χ3n) is 4.78. The number of hydrogen-bond acceptors (Lipinski definition) is 2. The maximum absolute atomic E-state index is 14.0. The lowest BCUT2D eigenvalue weighted by molar-refractivity contribution is 0.166. The van der Waals surface area contributed by atoms with E-state index in [2.05, 4.69) is 12.2 Å². The predicted molar refractivity (Wildman–Crippen MR) is 82.0 cm³/mol. The Labute approximate surface area is 130 Å². The minimum Gasteiger partial charge on any atom is -0.395 e. The van der Waals surface area contributed by atoms with Gasteiger partial charge in [-0.15, -0.1) is 0 Å². The van der Waals surface area contributed by atoms with E-state index in [0.717, 1.165) is 36.8 Å². The third kappa shape index (κ3) is 2.95. The lowest BCUT2D eigenvalue weighted by Crippen LogP contribution is -2.46. The molecule has 2 N–H and O–H groups in total. The highest BCUT2D eigenvalue weighted by Gasteiger charge is 2.35. The molecule has 0 aromatic heterocycles. The zero-order valence-corrected chi connectivity index (χ0v) is 12.9. The van der Waals surface area contributed by atoms with Crippen molar-refractivity contribution in [2.24, 2.45) is 5.92 Å². The second-order valence-corrected chi connectivity index (χ2v) is 6.40. The first-order chi connectivity index (χ1) is 10.6. The molecule has 0 bridgehead atoms. The van der Waals surface area contributed by atoms with Crippen LogP contribution in [0.5, 0.6) is 0 Å². The molecule has 1 aromatic carbocycles. The molecule has 5 heteroatoms. The molecule has 3 rings (SSSR count). The number of carbonyl (C=O) groups is 1. The van der Waals surface area contributed by atoms with Gasteiger partial charge in [0.1, 0.15) is 5.82 Å². The molecule has 1 saturated carbocycles. The Morgan fingerprint density at radius 3 is 2.86 bits per heavy atom. The lowest BCUT2D eigenvalue weighted by Gasteiger charge is -2.34. The summed E-state index contributed by atoms with van der Waals surface area (Å²) in [7, 11) is 0. The van der Waals surface area contributed by atoms with E-state index in [1.807, 2.05) is 6.07 Å². The monoisotopic (exact) mass is 306 g/mol. The maximum Gasteiger partial charge on any atom is 0.318 e. The standard InChI is InChI=1S/C17H23FN2O2/c1-11-5-8-13-14(3-2-4-15(13)18)16(11)19-17(22)20(9-10-21)12-6-7-12/h2-4,11-12,16,21H,5-10H2,1H3,(H,19,22)/t11-,16+/m1/s1. The molecule has 0 unspecified atom stereocenters. The summed E-state index contributed by atoms with van der Waals surface area (Å²) in [6.45, 7) is 2.41. The van der Waals surface area contributed by atoms with Crippen molar-refractivity contribution in [3.05, 3.63) is 35.1 Å². The smallest absolute Gasteiger partial charge is 0.318 e. The molecule has 2 aliphatic carbocycles. The van der Waals surface area contributed by atoms with E-state index >= 15 is 0 Å². The Balaban J connectivity index is 1.79. The van der Waals surface area contributed by atoms with Gasteiger partial charge in [-0.2, -0.15) is 0 Å². The van der Waals surface area contributed by atoms with Crippen LogP contribution in [-0.2, 0) is 6.42 Å². The fourth-order valence-electron chi connectivity index (χ4n) is 3.36. The number of carbonyl (C=O) groups excluding carboxylic acids is 1. The number of aliphatic hydroxyl groups excluding tert-OH is 1. The largest absolute Gasteiger partial charge is 0.395 e. The number of amides is 2. The highest BCUT2D eigenvalue weighted by molar-refractivity contribution is 5.75. The van der Waals surface area contributed by atoms with Crippen molar-refractivity contribution < 1.29 is 14.3 Å². The van der Waals surface area contributed by atoms with Crippen molar-refractivity contribution in [2.75, 3.05) is 13.2 Å². The fraction of sp³-hybridized carbons (Fsp3) is 0.588. The van der Waals surface area contributed by atoms with E-state index in [1.165, 1.54) is 6.07 Å². The van der Waals surface area contributed by atoms with Crippen LogP contribution in [0.25, 0.3) is 0 Å². The molecular formula is C17H23FN2O2. The number of hydrogen-bond donors (Lipinski definition) is 2. The van der Waals surface area contributed by atoms with Crippen molar-refractivity contribution in [1.29, 1.82) is 0 Å². The molecule has 1 fully saturated rings. The van der Waals surface area contributed by atoms with Crippen LogP contribution in [-0.4, -0.2) is 35.2 Å². The van der Waals surface area contributed by atoms with Crippen LogP contribution < -0.4 is 5.32 Å². The SMILES string of the molecule is C[C@@H]1CCc2c(F)cccc2[C@H]1NC(=O)N(CCO)C1CC1. The van der Waals surface area contributed by atoms with Crippen molar-refractivity contribution in [2.45, 2.75) is 44.7 Å². The van der Waals surface area contributed by atoms with E-state index < -0.39 is 0 Å². The van der Waals surface area contributed by atoms with E-state index in [4.69, 9.17) is 5.11 Å². The molecule has 0 aliphatic heterocycles. The maximum atomic E-state index is 14.0. The van der Waals surface area contributed by atoms with Crippen molar-refractivity contribution >= 4 is 6.03 Å². The minimum absolute atomic E-state index is 0.0324. The molecule has 120 valence electrons. The number of urea groups is 1. The topological polar surface area (TPSA) is 52.6 Å². The van der Waals surface area contributed by atoms with Gasteiger partial charge in [0.2, 0.25) is 0 Å². The van der Waals surface area contributed by atoms with Crippen LogP contribution in [0.4, 0.5) is 9.18 Å². The van der Waals surface area contributed by atoms with Gasteiger partial charge in [0.25, 0.3) is 0 Å². The molecule has 0 heterocycles. The first-order valence-corrected chi connectivity index (χ1v) is 8.07. The normalized spacial score (nSPS) is 23.8. The molecule has 0 saturated heterocycles. The first-order valence-electron chi connectivity index (χ1n) is 8.07. The molecule has 2 amide bonds. The summed E-state index contributed by atoms with van der Waals surface area (Å²) in [4.78, 5) is 14.2. The number of aliphatic hydroxyl groups is 1. The first kappa shape index (κ1) is 15.3. The van der Waals surface area contributed by atoms with E-state index in [-0.39, 0.29) is 36.5 Å². The van der Waals surface area contributed by atoms with Crippen LogP contribution in [0.1, 0.15) is 43.4 Å². The molecule has 22 heavy (non-hydrogen) atoms. The second-order valence-electron chi connectivity index (χ2n) is 6.40. The Morgan fingerprint density at radius 2 is 2.18 bits per heavy atom. The lowest BCUT2D eigenvalue weighted by atomic mass is 9.80. The quantitative estimate of drug-likeness (QED) is 0.898. The second kappa shape index (κ2) is 6.24. The summed E-state index contributed by atoms with van der Waals surface area (Å²) < 4.78 is 14.0. The molecule has 1 aromatic rings. The van der Waals surface area contributed by atoms with E-state index in [0.29, 0.717) is 6.54 Å². The van der Waals surface area contributed by atoms with Crippen molar-refractivity contribution in [1.82, 2.24) is 10.2 Å². The Kier molecular flexibility index (Phi) is 4.34. The summed E-state index contributed by atoms with van der Waals surface area (Å²) in [6, 6.07) is 5.04. The van der Waals surface area contributed by atoms with Gasteiger partial charge in [0.05, 0.1) is 12.6 Å². The fourth-order valence-corrected chi connectivity index (χ4v) is 3.36. The molecule has 2 atom stereocenters. The highest BCUT2D eigenvalue weighted by atomic mass is 19.1. The van der Waals surface area contributed by atoms with Gasteiger partial charge in [-0.25, -0.2) is 9.18 Å². The van der Waals surface area contributed by atoms with Gasteiger partial charge in [-0.3, -0.25) is 0 Å². The average Bonchev–Trinajstić information content (AvgIpc) is 3.32. The Hall–Kier alpha value is -1.62. The number of nitrogens with one attached hydrogen (secondary N) is 1. The van der Waals surface area contributed by atoms with Gasteiger partial charge < -0.3 is 15.3 Å². The summed E-state index contributed by atoms with van der Waals surface area (Å²) in [5.74, 6) is 0.0893. The molecule has 2 aliphatic rings. The molecule has 4 nitrogen and oxygen atoms in total. The van der Waals surface area contributed by atoms with Crippen molar-refractivity contribution in [3.63, 3.8) is 0 Å². The van der Waals surface area contributed by atoms with Gasteiger partial charge >= 0.3 is 6.03 Å². The van der Waals surface area contributed by atoms with Crippen molar-refractivity contribution in [3.8, 4) is 0 Å². The summed E-state index contributed by atoms with van der Waals surface area (Å²) >= 11 is 0. The number of nitrogens with zero attached hydrogens (tertiary/aromatic N) is 1. The zero-order chi connectivity index (χ0) is 15.7. The predicted octanol–water partition coefficient (Wildman–Crippen LogP) is 2.62. The molecule has 0 spiro atoms. The van der Waals surface area contributed by atoms with Gasteiger partial charge in [0, 0.05) is 12.6 Å².